The van der Waals surface area contributed by atoms with Crippen LogP contribution in [0.4, 0.5) is 0 Å². The third-order valence-corrected chi connectivity index (χ3v) is 4.31. The van der Waals surface area contributed by atoms with Crippen molar-refractivity contribution in [1.29, 1.82) is 0 Å². The van der Waals surface area contributed by atoms with Crippen molar-refractivity contribution in [2.75, 3.05) is 32.1 Å². The van der Waals surface area contributed by atoms with Gasteiger partial charge in [0.25, 0.3) is 0 Å². The van der Waals surface area contributed by atoms with Gasteiger partial charge in [-0.1, -0.05) is 27.7 Å². The lowest BCUT2D eigenvalue weighted by Gasteiger charge is -2.33. The second-order valence-corrected chi connectivity index (χ2v) is 7.94. The first-order valence-electron chi connectivity index (χ1n) is 7.54. The molecule has 0 fully saturated rings. The van der Waals surface area contributed by atoms with Gasteiger partial charge in [0.1, 0.15) is 6.04 Å². The van der Waals surface area contributed by atoms with Crippen LogP contribution in [0, 0.1) is 11.3 Å². The summed E-state index contributed by atoms with van der Waals surface area (Å²) in [7, 11) is 3.28. The molecule has 0 aliphatic carbocycles. The van der Waals surface area contributed by atoms with Crippen molar-refractivity contribution in [2.24, 2.45) is 11.3 Å². The van der Waals surface area contributed by atoms with Crippen LogP contribution in [-0.4, -0.2) is 71.6 Å². The molecule has 2 atom stereocenters. The molecule has 0 aromatic rings. The van der Waals surface area contributed by atoms with E-state index in [4.69, 9.17) is 0 Å². The average Bonchev–Trinajstić information content (AvgIpc) is 2.46. The third-order valence-electron chi connectivity index (χ3n) is 3.26. The average molecular weight is 347 g/mol. The van der Waals surface area contributed by atoms with Gasteiger partial charge >= 0.3 is 0 Å². The number of carbonyl (C=O) groups is 3. The molecular formula is C15H29N3O4S. The number of amides is 3. The molecule has 134 valence electrons. The van der Waals surface area contributed by atoms with Gasteiger partial charge in [0.05, 0.1) is 12.5 Å². The molecule has 0 heterocycles. The highest BCUT2D eigenvalue weighted by molar-refractivity contribution is 7.99. The van der Waals surface area contributed by atoms with Crippen LogP contribution in [0.5, 0.6) is 0 Å². The largest absolute Gasteiger partial charge is 0.347 e. The SMILES string of the molecule is CCSC[C@H](CN(O)C=O)C(=O)N[C@H](C(=O)N(C)C)C(C)(C)C. The predicted molar refractivity (Wildman–Crippen MR) is 91.1 cm³/mol. The number of nitrogens with zero attached hydrogens (tertiary/aromatic N) is 2. The molecule has 0 aromatic carbocycles. The van der Waals surface area contributed by atoms with Gasteiger partial charge < -0.3 is 10.2 Å². The maximum absolute atomic E-state index is 12.5. The fraction of sp³-hybridized carbons (Fsp3) is 0.800. The smallest absolute Gasteiger partial charge is 0.245 e. The molecule has 23 heavy (non-hydrogen) atoms. The van der Waals surface area contributed by atoms with Crippen LogP contribution in [0.3, 0.4) is 0 Å². The predicted octanol–water partition coefficient (Wildman–Crippen LogP) is 0.822. The Hall–Kier alpha value is -1.28. The highest BCUT2D eigenvalue weighted by atomic mass is 32.2. The molecule has 0 aromatic heterocycles. The number of likely N-dealkylation sites (N-methyl/N-ethyl adjacent to an activating group) is 1. The van der Waals surface area contributed by atoms with E-state index in [2.05, 4.69) is 5.32 Å². The molecule has 0 rings (SSSR count). The van der Waals surface area contributed by atoms with Gasteiger partial charge in [0.15, 0.2) is 0 Å². The van der Waals surface area contributed by atoms with E-state index in [0.717, 1.165) is 5.75 Å². The molecule has 0 saturated carbocycles. The fourth-order valence-corrected chi connectivity index (χ4v) is 2.68. The lowest BCUT2D eigenvalue weighted by atomic mass is 9.85. The number of rotatable bonds is 9. The third kappa shape index (κ3) is 7.69. The Morgan fingerprint density at radius 2 is 1.87 bits per heavy atom. The highest BCUT2D eigenvalue weighted by Crippen LogP contribution is 2.21. The molecule has 0 saturated heterocycles. The summed E-state index contributed by atoms with van der Waals surface area (Å²) < 4.78 is 0. The zero-order valence-corrected chi connectivity index (χ0v) is 15.6. The van der Waals surface area contributed by atoms with Crippen LogP contribution in [0.25, 0.3) is 0 Å². The highest BCUT2D eigenvalue weighted by Gasteiger charge is 2.35. The molecule has 8 heteroatoms. The summed E-state index contributed by atoms with van der Waals surface area (Å²) in [4.78, 5) is 36.9. The summed E-state index contributed by atoms with van der Waals surface area (Å²) in [5.74, 6) is 0.150. The van der Waals surface area contributed by atoms with E-state index < -0.39 is 17.4 Å². The summed E-state index contributed by atoms with van der Waals surface area (Å²) in [6.07, 6.45) is 0.267. The Bertz CT molecular complexity index is 410. The normalized spacial score (nSPS) is 13.9. The number of nitrogens with one attached hydrogen (secondary N) is 1. The Morgan fingerprint density at radius 3 is 2.26 bits per heavy atom. The summed E-state index contributed by atoms with van der Waals surface area (Å²) in [6, 6.07) is -0.678. The van der Waals surface area contributed by atoms with Gasteiger partial charge in [-0.3, -0.25) is 19.6 Å². The van der Waals surface area contributed by atoms with Crippen molar-refractivity contribution in [3.8, 4) is 0 Å². The van der Waals surface area contributed by atoms with E-state index in [1.807, 2.05) is 27.7 Å². The zero-order valence-electron chi connectivity index (χ0n) is 14.8. The van der Waals surface area contributed by atoms with Gasteiger partial charge in [-0.15, -0.1) is 0 Å². The van der Waals surface area contributed by atoms with E-state index >= 15 is 0 Å². The quantitative estimate of drug-likeness (QED) is 0.366. The molecule has 3 amide bonds. The monoisotopic (exact) mass is 347 g/mol. The van der Waals surface area contributed by atoms with Crippen LogP contribution in [-0.2, 0) is 14.4 Å². The van der Waals surface area contributed by atoms with Crippen molar-refractivity contribution < 1.29 is 19.6 Å². The Morgan fingerprint density at radius 1 is 1.30 bits per heavy atom. The Kier molecular flexibility index (Phi) is 9.23. The van der Waals surface area contributed by atoms with Crippen molar-refractivity contribution in [3.63, 3.8) is 0 Å². The molecule has 0 unspecified atom stereocenters. The second-order valence-electron chi connectivity index (χ2n) is 6.62. The maximum Gasteiger partial charge on any atom is 0.245 e. The van der Waals surface area contributed by atoms with Crippen molar-refractivity contribution >= 4 is 30.0 Å². The molecule has 0 spiro atoms. The Labute approximate surface area is 142 Å². The molecule has 0 radical (unpaired) electrons. The van der Waals surface area contributed by atoms with E-state index in [9.17, 15) is 19.6 Å². The van der Waals surface area contributed by atoms with Gasteiger partial charge in [-0.2, -0.15) is 11.8 Å². The van der Waals surface area contributed by atoms with Crippen molar-refractivity contribution in [2.45, 2.75) is 33.7 Å². The number of hydroxylamine groups is 2. The van der Waals surface area contributed by atoms with Crippen LogP contribution >= 0.6 is 11.8 Å². The molecule has 0 aliphatic heterocycles. The summed E-state index contributed by atoms with van der Waals surface area (Å²) in [5, 5.41) is 12.6. The van der Waals surface area contributed by atoms with E-state index in [1.54, 1.807) is 14.1 Å². The van der Waals surface area contributed by atoms with Crippen molar-refractivity contribution in [1.82, 2.24) is 15.3 Å². The standard InChI is InChI=1S/C15H29N3O4S/c1-7-23-9-11(8-18(22)10-19)13(20)16-12(15(2,3)4)14(21)17(5)6/h10-12,22H,7-9H2,1-6H3,(H,16,20)/t11-,12+/m0/s1. The summed E-state index contributed by atoms with van der Waals surface area (Å²) in [6.45, 7) is 7.48. The molecule has 2 N–H and O–H groups in total. The number of thioether (sulfide) groups is 1. The number of hydrogen-bond donors (Lipinski definition) is 2. The second kappa shape index (κ2) is 9.77. The number of carbonyl (C=O) groups excluding carboxylic acids is 3. The van der Waals surface area contributed by atoms with E-state index in [-0.39, 0.29) is 24.8 Å². The maximum atomic E-state index is 12.5. The summed E-state index contributed by atoms with van der Waals surface area (Å²) in [5.41, 5.74) is -0.455. The molecule has 0 bridgehead atoms. The topological polar surface area (TPSA) is 90.0 Å². The first kappa shape index (κ1) is 21.7. The minimum Gasteiger partial charge on any atom is -0.347 e. The fourth-order valence-electron chi connectivity index (χ4n) is 1.91. The van der Waals surface area contributed by atoms with Crippen LogP contribution in [0.2, 0.25) is 0 Å². The molecule has 7 nitrogen and oxygen atoms in total. The van der Waals surface area contributed by atoms with Crippen LogP contribution in [0.15, 0.2) is 0 Å². The molecular weight excluding hydrogens is 318 g/mol. The van der Waals surface area contributed by atoms with Crippen LogP contribution < -0.4 is 5.32 Å². The van der Waals surface area contributed by atoms with Gasteiger partial charge in [-0.25, -0.2) is 5.06 Å². The van der Waals surface area contributed by atoms with Gasteiger partial charge in [0.2, 0.25) is 18.2 Å². The summed E-state index contributed by atoms with van der Waals surface area (Å²) >= 11 is 1.54. The van der Waals surface area contributed by atoms with E-state index in [1.165, 1.54) is 16.7 Å². The first-order chi connectivity index (χ1) is 10.5. The lowest BCUT2D eigenvalue weighted by Crippen LogP contribution is -2.55. The van der Waals surface area contributed by atoms with E-state index in [0.29, 0.717) is 10.8 Å². The van der Waals surface area contributed by atoms with Gasteiger partial charge in [0, 0.05) is 19.8 Å². The minimum absolute atomic E-state index is 0.102. The van der Waals surface area contributed by atoms with Crippen molar-refractivity contribution in [3.05, 3.63) is 0 Å². The first-order valence-corrected chi connectivity index (χ1v) is 8.70. The Balaban J connectivity index is 5.15. The zero-order chi connectivity index (χ0) is 18.2. The van der Waals surface area contributed by atoms with Gasteiger partial charge in [-0.05, 0) is 11.2 Å². The molecule has 0 aliphatic rings. The lowest BCUT2D eigenvalue weighted by molar-refractivity contribution is -0.154. The van der Waals surface area contributed by atoms with Crippen LogP contribution in [0.1, 0.15) is 27.7 Å². The minimum atomic E-state index is -0.678. The number of hydrogen-bond acceptors (Lipinski definition) is 5.